The molecule has 1 saturated heterocycles. The molecule has 0 spiro atoms. The lowest BCUT2D eigenvalue weighted by Crippen LogP contribution is -2.81. The summed E-state index contributed by atoms with van der Waals surface area (Å²) in [5.74, 6) is -4.29. The number of aliphatic hydroxyl groups excluding tert-OH is 1. The molecule has 3 aliphatic carbocycles. The number of carbonyl (C=O) groups is 4. The molecule has 0 radical (unpaired) electrons. The summed E-state index contributed by atoms with van der Waals surface area (Å²) in [6.07, 6.45) is -6.73. The van der Waals surface area contributed by atoms with Crippen LogP contribution in [0.1, 0.15) is 64.7 Å². The van der Waals surface area contributed by atoms with Gasteiger partial charge in [0.05, 0.1) is 29.6 Å². The molecule has 0 amide bonds. The summed E-state index contributed by atoms with van der Waals surface area (Å²) >= 11 is 17.3. The Kier molecular flexibility index (Phi) is 9.30. The first-order chi connectivity index (χ1) is 21.7. The van der Waals surface area contributed by atoms with Gasteiger partial charge in [0.2, 0.25) is 3.79 Å². The zero-order valence-electron chi connectivity index (χ0n) is 26.9. The number of rotatable bonds is 5. The largest absolute Gasteiger partial charge is 0.508 e. The minimum atomic E-state index is -2.04. The van der Waals surface area contributed by atoms with Crippen molar-refractivity contribution in [1.82, 2.24) is 0 Å². The van der Waals surface area contributed by atoms with Crippen LogP contribution in [0.2, 0.25) is 0 Å². The van der Waals surface area contributed by atoms with E-state index >= 15 is 4.79 Å². The van der Waals surface area contributed by atoms with Crippen LogP contribution >= 0.6 is 34.8 Å². The molecular weight excluding hydrogens is 679 g/mol. The molecule has 9 atom stereocenters. The van der Waals surface area contributed by atoms with Crippen LogP contribution in [0.25, 0.3) is 0 Å². The molecule has 1 aromatic rings. The van der Waals surface area contributed by atoms with Crippen molar-refractivity contribution in [2.24, 2.45) is 22.7 Å². The second-order valence-electron chi connectivity index (χ2n) is 13.7. The van der Waals surface area contributed by atoms with Crippen LogP contribution in [0, 0.1) is 22.7 Å². The van der Waals surface area contributed by atoms with Gasteiger partial charge in [-0.25, -0.2) is 9.59 Å². The molecule has 3 fully saturated rings. The topological polar surface area (TPSA) is 155 Å². The number of halogens is 3. The van der Waals surface area contributed by atoms with Crippen molar-refractivity contribution in [3.8, 4) is 0 Å². The minimum Gasteiger partial charge on any atom is -0.455 e. The van der Waals surface area contributed by atoms with Crippen molar-refractivity contribution in [3.05, 3.63) is 47.0 Å². The monoisotopic (exact) mass is 716 g/mol. The maximum atomic E-state index is 15.1. The molecule has 2 N–H and O–H groups in total. The molecular formula is C33H39Cl3O11. The van der Waals surface area contributed by atoms with Crippen molar-refractivity contribution in [2.45, 2.75) is 93.8 Å². The van der Waals surface area contributed by atoms with Gasteiger partial charge in [-0.3, -0.25) is 9.59 Å². The van der Waals surface area contributed by atoms with Gasteiger partial charge in [0.1, 0.15) is 36.3 Å². The summed E-state index contributed by atoms with van der Waals surface area (Å²) in [6, 6.07) is 8.06. The van der Waals surface area contributed by atoms with Gasteiger partial charge in [-0.05, 0) is 37.1 Å². The smallest absolute Gasteiger partial charge is 0.455 e. The van der Waals surface area contributed by atoms with Crippen LogP contribution in [0.15, 0.2) is 41.5 Å². The van der Waals surface area contributed by atoms with E-state index in [0.717, 1.165) is 0 Å². The van der Waals surface area contributed by atoms with E-state index in [1.165, 1.54) is 26.0 Å². The van der Waals surface area contributed by atoms with Gasteiger partial charge < -0.3 is 33.9 Å². The average molecular weight is 718 g/mol. The van der Waals surface area contributed by atoms with Gasteiger partial charge in [-0.2, -0.15) is 0 Å². The molecule has 258 valence electrons. The molecule has 0 aromatic heterocycles. The summed E-state index contributed by atoms with van der Waals surface area (Å²) in [4.78, 5) is 54.8. The molecule has 14 heteroatoms. The van der Waals surface area contributed by atoms with Gasteiger partial charge in [-0.15, -0.1) is 0 Å². The highest BCUT2D eigenvalue weighted by Gasteiger charge is 2.78. The van der Waals surface area contributed by atoms with E-state index in [0.29, 0.717) is 11.1 Å². The molecule has 4 aliphatic rings. The van der Waals surface area contributed by atoms with Gasteiger partial charge in [0.25, 0.3) is 0 Å². The number of hydrogen-bond donors (Lipinski definition) is 2. The summed E-state index contributed by atoms with van der Waals surface area (Å²) in [5, 5.41) is 24.4. The Morgan fingerprint density at radius 3 is 2.28 bits per heavy atom. The molecule has 11 nitrogen and oxygen atoms in total. The van der Waals surface area contributed by atoms with E-state index in [1.54, 1.807) is 45.9 Å². The fraction of sp³-hybridized carbons (Fsp3) is 0.636. The number of Topliss-reactive ketones (excluding diaryl/α,β-unsaturated/α-hetero) is 1. The Morgan fingerprint density at radius 2 is 1.72 bits per heavy atom. The zero-order valence-corrected chi connectivity index (χ0v) is 29.1. The maximum absolute atomic E-state index is 15.1. The number of alkyl halides is 3. The fourth-order valence-corrected chi connectivity index (χ4v) is 8.76. The minimum absolute atomic E-state index is 0.122. The first-order valence-electron chi connectivity index (χ1n) is 15.3. The van der Waals surface area contributed by atoms with Crippen molar-refractivity contribution < 1.29 is 53.1 Å². The highest BCUT2D eigenvalue weighted by molar-refractivity contribution is 6.67. The van der Waals surface area contributed by atoms with Crippen molar-refractivity contribution >= 4 is 58.7 Å². The molecule has 5 rings (SSSR count). The molecule has 1 heterocycles. The van der Waals surface area contributed by atoms with Crippen LogP contribution < -0.4 is 0 Å². The molecule has 0 unspecified atom stereocenters. The molecule has 1 aliphatic heterocycles. The first-order valence-corrected chi connectivity index (χ1v) is 16.5. The van der Waals surface area contributed by atoms with Gasteiger partial charge in [-0.1, -0.05) is 73.8 Å². The Bertz CT molecular complexity index is 1490. The quantitative estimate of drug-likeness (QED) is 0.185. The summed E-state index contributed by atoms with van der Waals surface area (Å²) in [5.41, 5.74) is -5.61. The van der Waals surface area contributed by atoms with Crippen LogP contribution in [0.5, 0.6) is 0 Å². The number of aliphatic hydroxyl groups is 2. The molecule has 2 bridgehead atoms. The third-order valence-electron chi connectivity index (χ3n) is 10.8. The second kappa shape index (κ2) is 12.2. The van der Waals surface area contributed by atoms with E-state index < -0.39 is 92.6 Å². The van der Waals surface area contributed by atoms with Crippen LogP contribution in [-0.4, -0.2) is 86.7 Å². The van der Waals surface area contributed by atoms with Crippen LogP contribution in [-0.2, 0) is 33.3 Å². The summed E-state index contributed by atoms with van der Waals surface area (Å²) in [7, 11) is 0. The lowest BCUT2D eigenvalue weighted by molar-refractivity contribution is -0.345. The third kappa shape index (κ3) is 5.74. The predicted molar refractivity (Wildman–Crippen MR) is 169 cm³/mol. The van der Waals surface area contributed by atoms with Gasteiger partial charge >= 0.3 is 18.1 Å². The van der Waals surface area contributed by atoms with Gasteiger partial charge in [0.15, 0.2) is 5.60 Å². The van der Waals surface area contributed by atoms with Crippen LogP contribution in [0.4, 0.5) is 4.79 Å². The number of carbonyl (C=O) groups excluding carboxylic acids is 4. The molecule has 1 aromatic carbocycles. The van der Waals surface area contributed by atoms with E-state index in [-0.39, 0.29) is 25.0 Å². The standard InChI is InChI=1S/C33H39Cl3O11/c1-16-20(38)13-32(42)26(46-27(40)19-10-8-7-9-11-19)24-30(6,25(39)17(2)23(16)29(32,4)5)21(45-28(41)44-15-33(34,35)36)12-22-31(24,14-43-22)47-18(3)37/h7-11,17,20-22,24,26,38,42H,12-15H2,1-6H3/t17-,20+,21+,22-,24+,26+,30-,31+,32-/m1/s1. The van der Waals surface area contributed by atoms with E-state index in [4.69, 9.17) is 58.5 Å². The Morgan fingerprint density at radius 1 is 1.09 bits per heavy atom. The Balaban J connectivity index is 1.77. The normalized spacial score (nSPS) is 37.6. The van der Waals surface area contributed by atoms with E-state index in [9.17, 15) is 24.6 Å². The van der Waals surface area contributed by atoms with E-state index in [1.807, 2.05) is 0 Å². The number of ether oxygens (including phenoxy) is 5. The zero-order chi connectivity index (χ0) is 34.9. The second-order valence-corrected chi connectivity index (χ2v) is 16.3. The van der Waals surface area contributed by atoms with E-state index in [2.05, 4.69) is 0 Å². The number of ketones is 1. The number of benzene rings is 1. The third-order valence-corrected chi connectivity index (χ3v) is 11.1. The molecule has 2 saturated carbocycles. The number of hydrogen-bond acceptors (Lipinski definition) is 11. The summed E-state index contributed by atoms with van der Waals surface area (Å²) < 4.78 is 27.1. The SMILES string of the molecule is CC(=O)O[C@@]12CO[C@@H]1C[C@H](OC(=O)OCC(Cl)(Cl)Cl)[C@@]1(C)C(=O)[C@H](C)C3=C(C)[C@@H](O)C[C@@](O)([C@@H](OC(=O)c4ccccc4)[C@H]21)C3(C)C. The first kappa shape index (κ1) is 35.9. The lowest BCUT2D eigenvalue weighted by Gasteiger charge is -2.67. The number of esters is 2. The Labute approximate surface area is 287 Å². The average Bonchev–Trinajstić information content (AvgIpc) is 2.97. The Hall–Kier alpha value is -2.41. The molecule has 47 heavy (non-hydrogen) atoms. The number of fused-ring (bicyclic) bond motifs is 5. The van der Waals surface area contributed by atoms with Crippen molar-refractivity contribution in [3.63, 3.8) is 0 Å². The van der Waals surface area contributed by atoms with Crippen molar-refractivity contribution in [1.29, 1.82) is 0 Å². The predicted octanol–water partition coefficient (Wildman–Crippen LogP) is 4.89. The van der Waals surface area contributed by atoms with Crippen molar-refractivity contribution in [2.75, 3.05) is 13.2 Å². The summed E-state index contributed by atoms with van der Waals surface area (Å²) in [6.45, 7) is 8.68. The van der Waals surface area contributed by atoms with Crippen LogP contribution in [0.3, 0.4) is 0 Å². The lowest BCUT2D eigenvalue weighted by atomic mass is 9.43. The highest BCUT2D eigenvalue weighted by atomic mass is 35.6. The fourth-order valence-electron chi connectivity index (χ4n) is 8.60. The van der Waals surface area contributed by atoms with Gasteiger partial charge in [0, 0.05) is 31.1 Å². The maximum Gasteiger partial charge on any atom is 0.508 e. The highest BCUT2D eigenvalue weighted by Crippen LogP contribution is 2.65.